The second kappa shape index (κ2) is 16.4. The van der Waals surface area contributed by atoms with E-state index >= 15 is 0 Å². The van der Waals surface area contributed by atoms with Crippen molar-refractivity contribution in [1.29, 1.82) is 0 Å². The molecule has 1 aromatic heterocycles. The molecule has 166 valence electrons. The smallest absolute Gasteiger partial charge is 0.0573 e. The SMILES string of the molecule is C=CN=C(CN(C/C(C)=C(\CN)N=CCC)Cc1ncccc1C)/C(C)=C\C.CC. The summed E-state index contributed by atoms with van der Waals surface area (Å²) in [7, 11) is 0. The molecule has 0 saturated carbocycles. The van der Waals surface area contributed by atoms with E-state index in [-0.39, 0.29) is 0 Å². The molecule has 0 bridgehead atoms. The maximum Gasteiger partial charge on any atom is 0.0573 e. The lowest BCUT2D eigenvalue weighted by Crippen LogP contribution is -2.32. The van der Waals surface area contributed by atoms with Crippen LogP contribution in [0.15, 0.2) is 64.0 Å². The summed E-state index contributed by atoms with van der Waals surface area (Å²) in [6, 6.07) is 4.06. The number of nitrogens with zero attached hydrogens (tertiary/aromatic N) is 4. The Hall–Kier alpha value is -2.37. The Bertz CT molecular complexity index is 757. The van der Waals surface area contributed by atoms with E-state index in [1.165, 1.54) is 5.56 Å². The van der Waals surface area contributed by atoms with Crippen LogP contribution in [0.4, 0.5) is 0 Å². The number of pyridine rings is 1. The second-order valence-corrected chi connectivity index (χ2v) is 6.79. The molecule has 30 heavy (non-hydrogen) atoms. The predicted molar refractivity (Wildman–Crippen MR) is 133 cm³/mol. The molecular formula is C25H41N5. The van der Waals surface area contributed by atoms with E-state index in [0.29, 0.717) is 13.1 Å². The Kier molecular flexibility index (Phi) is 15.1. The molecule has 0 saturated heterocycles. The minimum atomic E-state index is 0.431. The van der Waals surface area contributed by atoms with Crippen molar-refractivity contribution in [1.82, 2.24) is 9.88 Å². The molecular weight excluding hydrogens is 370 g/mol. The van der Waals surface area contributed by atoms with Crippen molar-refractivity contribution in [2.75, 3.05) is 19.6 Å². The van der Waals surface area contributed by atoms with Crippen molar-refractivity contribution in [3.05, 3.63) is 65.3 Å². The fraction of sp³-hybridized carbons (Fsp3) is 0.480. The number of rotatable bonds is 11. The molecule has 0 fully saturated rings. The van der Waals surface area contributed by atoms with Crippen LogP contribution < -0.4 is 5.73 Å². The fourth-order valence-corrected chi connectivity index (χ4v) is 2.78. The van der Waals surface area contributed by atoms with Crippen LogP contribution in [-0.4, -0.2) is 41.4 Å². The number of allylic oxidation sites excluding steroid dienone is 1. The van der Waals surface area contributed by atoms with Crippen molar-refractivity contribution in [3.63, 3.8) is 0 Å². The zero-order valence-corrected chi connectivity index (χ0v) is 20.1. The summed E-state index contributed by atoms with van der Waals surface area (Å²) in [6.45, 7) is 20.7. The largest absolute Gasteiger partial charge is 0.325 e. The Morgan fingerprint density at radius 3 is 2.50 bits per heavy atom. The van der Waals surface area contributed by atoms with Crippen LogP contribution in [0.3, 0.4) is 0 Å². The number of nitrogens with two attached hydrogens (primary N) is 1. The zero-order valence-electron chi connectivity index (χ0n) is 20.1. The summed E-state index contributed by atoms with van der Waals surface area (Å²) in [5, 5.41) is 0. The third kappa shape index (κ3) is 9.90. The highest BCUT2D eigenvalue weighted by atomic mass is 15.1. The van der Waals surface area contributed by atoms with E-state index in [9.17, 15) is 0 Å². The van der Waals surface area contributed by atoms with Crippen LogP contribution in [0.5, 0.6) is 0 Å². The average molecular weight is 412 g/mol. The maximum atomic E-state index is 5.94. The van der Waals surface area contributed by atoms with Gasteiger partial charge < -0.3 is 5.73 Å². The van der Waals surface area contributed by atoms with Gasteiger partial charge in [0.15, 0.2) is 0 Å². The van der Waals surface area contributed by atoms with Crippen LogP contribution >= 0.6 is 0 Å². The van der Waals surface area contributed by atoms with Crippen molar-refractivity contribution in [2.45, 2.75) is 61.4 Å². The minimum Gasteiger partial charge on any atom is -0.325 e. The van der Waals surface area contributed by atoms with Gasteiger partial charge in [0.1, 0.15) is 0 Å². The van der Waals surface area contributed by atoms with Crippen molar-refractivity contribution < 1.29 is 0 Å². The lowest BCUT2D eigenvalue weighted by molar-refractivity contribution is 0.323. The normalized spacial score (nSPS) is 13.2. The molecule has 0 aromatic carbocycles. The molecule has 1 aromatic rings. The molecule has 0 radical (unpaired) electrons. The zero-order chi connectivity index (χ0) is 22.9. The van der Waals surface area contributed by atoms with Gasteiger partial charge >= 0.3 is 0 Å². The molecule has 0 unspecified atom stereocenters. The molecule has 0 aliphatic rings. The molecule has 5 nitrogen and oxygen atoms in total. The van der Waals surface area contributed by atoms with Gasteiger partial charge in [-0.2, -0.15) is 0 Å². The first-order valence-electron chi connectivity index (χ1n) is 10.8. The molecule has 0 aliphatic heterocycles. The number of aromatic nitrogens is 1. The molecule has 1 rings (SSSR count). The van der Waals surface area contributed by atoms with Crippen LogP contribution in [0.2, 0.25) is 0 Å². The van der Waals surface area contributed by atoms with Gasteiger partial charge in [0.05, 0.1) is 17.1 Å². The third-order valence-corrected chi connectivity index (χ3v) is 4.58. The topological polar surface area (TPSA) is 66.9 Å². The van der Waals surface area contributed by atoms with Crippen LogP contribution in [-0.2, 0) is 6.54 Å². The summed E-state index contributed by atoms with van der Waals surface area (Å²) in [4.78, 5) is 15.9. The number of aryl methyl sites for hydroxylation is 1. The van der Waals surface area contributed by atoms with Crippen molar-refractivity contribution in [3.8, 4) is 0 Å². The van der Waals surface area contributed by atoms with Gasteiger partial charge in [0.25, 0.3) is 0 Å². The highest BCUT2D eigenvalue weighted by Gasteiger charge is 2.15. The number of hydrogen-bond donors (Lipinski definition) is 1. The average Bonchev–Trinajstić information content (AvgIpc) is 2.76. The lowest BCUT2D eigenvalue weighted by Gasteiger charge is -2.25. The molecule has 0 amide bonds. The second-order valence-electron chi connectivity index (χ2n) is 6.79. The standard InChI is InChI=1S/C23H35N5.C2H6/c1-7-12-26-21(14-24)20(6)15-28(16-22(25-9-3)18(4)8-2)17-23-19(5)11-10-13-27-23;1-2/h8-13H,3,7,14-17,24H2,1-2,4-6H3;1-2H3/b18-8-,21-20+,25-22?,26-12?;. The van der Waals surface area contributed by atoms with E-state index in [2.05, 4.69) is 66.3 Å². The first-order valence-corrected chi connectivity index (χ1v) is 10.8. The molecule has 1 heterocycles. The Morgan fingerprint density at radius 1 is 1.27 bits per heavy atom. The van der Waals surface area contributed by atoms with Crippen LogP contribution in [0.25, 0.3) is 0 Å². The van der Waals surface area contributed by atoms with E-state index < -0.39 is 0 Å². The minimum absolute atomic E-state index is 0.431. The third-order valence-electron chi connectivity index (χ3n) is 4.58. The van der Waals surface area contributed by atoms with E-state index in [1.54, 1.807) is 6.20 Å². The van der Waals surface area contributed by atoms with Gasteiger partial charge in [-0.15, -0.1) is 0 Å². The predicted octanol–water partition coefficient (Wildman–Crippen LogP) is 5.48. The van der Waals surface area contributed by atoms with Gasteiger partial charge in [-0.3, -0.25) is 19.9 Å². The lowest BCUT2D eigenvalue weighted by atomic mass is 10.1. The Labute approximate surface area is 184 Å². The molecule has 0 atom stereocenters. The first kappa shape index (κ1) is 27.6. The van der Waals surface area contributed by atoms with E-state index in [0.717, 1.165) is 47.8 Å². The van der Waals surface area contributed by atoms with Crippen molar-refractivity contribution in [2.24, 2.45) is 15.7 Å². The van der Waals surface area contributed by atoms with Gasteiger partial charge in [0, 0.05) is 44.8 Å². The highest BCUT2D eigenvalue weighted by molar-refractivity contribution is 6.01. The van der Waals surface area contributed by atoms with Gasteiger partial charge in [-0.05, 0) is 56.9 Å². The highest BCUT2D eigenvalue weighted by Crippen LogP contribution is 2.14. The summed E-state index contributed by atoms with van der Waals surface area (Å²) in [5.41, 5.74) is 12.4. The maximum absolute atomic E-state index is 5.94. The monoisotopic (exact) mass is 411 g/mol. The number of aliphatic imine (C=N–C) groups is 2. The van der Waals surface area contributed by atoms with Crippen molar-refractivity contribution >= 4 is 11.9 Å². The summed E-state index contributed by atoms with van der Waals surface area (Å²) >= 11 is 0. The van der Waals surface area contributed by atoms with Crippen LogP contribution in [0, 0.1) is 6.92 Å². The molecule has 0 spiro atoms. The van der Waals surface area contributed by atoms with E-state index in [4.69, 9.17) is 5.73 Å². The van der Waals surface area contributed by atoms with Gasteiger partial charge in [0.2, 0.25) is 0 Å². The van der Waals surface area contributed by atoms with Gasteiger partial charge in [-0.25, -0.2) is 0 Å². The molecule has 5 heteroatoms. The van der Waals surface area contributed by atoms with Crippen LogP contribution in [0.1, 0.15) is 59.2 Å². The quantitative estimate of drug-likeness (QED) is 0.490. The molecule has 2 N–H and O–H groups in total. The van der Waals surface area contributed by atoms with E-state index in [1.807, 2.05) is 39.2 Å². The first-order chi connectivity index (χ1) is 14.5. The Morgan fingerprint density at radius 2 is 1.97 bits per heavy atom. The fourth-order valence-electron chi connectivity index (χ4n) is 2.78. The number of hydrogen-bond acceptors (Lipinski definition) is 5. The summed E-state index contributed by atoms with van der Waals surface area (Å²) in [6.07, 6.45) is 8.33. The van der Waals surface area contributed by atoms with Gasteiger partial charge in [-0.1, -0.05) is 39.5 Å². The molecule has 0 aliphatic carbocycles. The summed E-state index contributed by atoms with van der Waals surface area (Å²) < 4.78 is 0. The summed E-state index contributed by atoms with van der Waals surface area (Å²) in [5.74, 6) is 0. The Balaban J connectivity index is 0.00000407.